The van der Waals surface area contributed by atoms with Gasteiger partial charge in [-0.05, 0) is 17.8 Å². The molecule has 0 spiro atoms. The summed E-state index contributed by atoms with van der Waals surface area (Å²) in [7, 11) is 1.85. The first-order valence-electron chi connectivity index (χ1n) is 7.19. The van der Waals surface area contributed by atoms with Gasteiger partial charge in [-0.3, -0.25) is 0 Å². The average Bonchev–Trinajstić information content (AvgIpc) is 2.33. The lowest BCUT2D eigenvalue weighted by Gasteiger charge is -2.23. The van der Waals surface area contributed by atoms with E-state index in [0.29, 0.717) is 12.5 Å². The van der Waals surface area contributed by atoms with Gasteiger partial charge in [0.05, 0.1) is 6.10 Å². The average molecular weight is 280 g/mol. The minimum absolute atomic E-state index is 0.115. The Bertz CT molecular complexity index is 426. The SMILES string of the molecule is CNc1ncnc(NCC(O)CC(C)(C)C)c1C(C)C. The zero-order valence-corrected chi connectivity index (χ0v) is 13.5. The summed E-state index contributed by atoms with van der Waals surface area (Å²) >= 11 is 0. The molecule has 1 aromatic heterocycles. The van der Waals surface area contributed by atoms with Crippen LogP contribution in [0.2, 0.25) is 0 Å². The first-order valence-corrected chi connectivity index (χ1v) is 7.19. The number of nitrogens with one attached hydrogen (secondary N) is 2. The summed E-state index contributed by atoms with van der Waals surface area (Å²) in [6, 6.07) is 0. The van der Waals surface area contributed by atoms with Crippen molar-refractivity contribution in [1.29, 1.82) is 0 Å². The second kappa shape index (κ2) is 6.88. The highest BCUT2D eigenvalue weighted by Gasteiger charge is 2.18. The van der Waals surface area contributed by atoms with E-state index in [1.165, 1.54) is 6.33 Å². The van der Waals surface area contributed by atoms with E-state index >= 15 is 0 Å². The highest BCUT2D eigenvalue weighted by atomic mass is 16.3. The fourth-order valence-electron chi connectivity index (χ4n) is 2.28. The van der Waals surface area contributed by atoms with E-state index in [-0.39, 0.29) is 11.5 Å². The van der Waals surface area contributed by atoms with E-state index < -0.39 is 0 Å². The van der Waals surface area contributed by atoms with Gasteiger partial charge in [0.1, 0.15) is 18.0 Å². The smallest absolute Gasteiger partial charge is 0.135 e. The van der Waals surface area contributed by atoms with Crippen molar-refractivity contribution < 1.29 is 5.11 Å². The number of aliphatic hydroxyl groups is 1. The van der Waals surface area contributed by atoms with Crippen molar-refractivity contribution in [3.8, 4) is 0 Å². The summed E-state index contributed by atoms with van der Waals surface area (Å²) in [5, 5.41) is 16.4. The maximum absolute atomic E-state index is 10.1. The molecule has 0 fully saturated rings. The zero-order valence-electron chi connectivity index (χ0n) is 13.5. The van der Waals surface area contributed by atoms with Crippen LogP contribution >= 0.6 is 0 Å². The lowest BCUT2D eigenvalue weighted by atomic mass is 9.89. The predicted octanol–water partition coefficient (Wildman–Crippen LogP) is 2.85. The molecular formula is C15H28N4O. The molecule has 0 aliphatic rings. The van der Waals surface area contributed by atoms with Gasteiger partial charge in [-0.2, -0.15) is 0 Å². The molecule has 1 rings (SSSR count). The maximum atomic E-state index is 10.1. The first kappa shape index (κ1) is 16.7. The molecule has 5 nitrogen and oxygen atoms in total. The van der Waals surface area contributed by atoms with Gasteiger partial charge in [0.2, 0.25) is 0 Å². The van der Waals surface area contributed by atoms with Crippen molar-refractivity contribution in [2.75, 3.05) is 24.2 Å². The van der Waals surface area contributed by atoms with Gasteiger partial charge in [0.25, 0.3) is 0 Å². The molecule has 5 heteroatoms. The molecular weight excluding hydrogens is 252 g/mol. The van der Waals surface area contributed by atoms with Crippen molar-refractivity contribution in [1.82, 2.24) is 9.97 Å². The Balaban J connectivity index is 2.78. The van der Waals surface area contributed by atoms with Crippen LogP contribution in [0.3, 0.4) is 0 Å². The van der Waals surface area contributed by atoms with Crippen LogP contribution in [0.1, 0.15) is 52.5 Å². The molecule has 1 heterocycles. The van der Waals surface area contributed by atoms with E-state index in [4.69, 9.17) is 0 Å². The summed E-state index contributed by atoms with van der Waals surface area (Å²) < 4.78 is 0. The predicted molar refractivity (Wildman–Crippen MR) is 84.2 cm³/mol. The van der Waals surface area contributed by atoms with Crippen molar-refractivity contribution >= 4 is 11.6 Å². The molecule has 0 bridgehead atoms. The lowest BCUT2D eigenvalue weighted by Crippen LogP contribution is -2.26. The third kappa shape index (κ3) is 4.96. The van der Waals surface area contributed by atoms with Crippen LogP contribution in [-0.4, -0.2) is 34.8 Å². The lowest BCUT2D eigenvalue weighted by molar-refractivity contribution is 0.132. The molecule has 1 aromatic rings. The van der Waals surface area contributed by atoms with Crippen molar-refractivity contribution in [3.63, 3.8) is 0 Å². The van der Waals surface area contributed by atoms with Gasteiger partial charge in [0.15, 0.2) is 0 Å². The summed E-state index contributed by atoms with van der Waals surface area (Å²) in [6.07, 6.45) is 1.90. The molecule has 20 heavy (non-hydrogen) atoms. The van der Waals surface area contributed by atoms with E-state index in [2.05, 4.69) is 55.2 Å². The summed E-state index contributed by atoms with van der Waals surface area (Å²) in [5.74, 6) is 1.94. The van der Waals surface area contributed by atoms with Crippen LogP contribution in [0, 0.1) is 5.41 Å². The number of aromatic nitrogens is 2. The largest absolute Gasteiger partial charge is 0.391 e. The second-order valence-electron chi connectivity index (χ2n) is 6.69. The van der Waals surface area contributed by atoms with E-state index in [1.807, 2.05) is 7.05 Å². The standard InChI is InChI=1S/C15H28N4O/c1-10(2)12-13(16-6)18-9-19-14(12)17-8-11(20)7-15(3,4)5/h9-11,20H,7-8H2,1-6H3,(H2,16,17,18,19). The Morgan fingerprint density at radius 1 is 1.20 bits per heavy atom. The number of aliphatic hydroxyl groups excluding tert-OH is 1. The van der Waals surface area contributed by atoms with Crippen LogP contribution in [0.5, 0.6) is 0 Å². The maximum Gasteiger partial charge on any atom is 0.135 e. The highest BCUT2D eigenvalue weighted by molar-refractivity contribution is 5.58. The molecule has 0 saturated heterocycles. The quantitative estimate of drug-likeness (QED) is 0.747. The van der Waals surface area contributed by atoms with Gasteiger partial charge in [-0.15, -0.1) is 0 Å². The van der Waals surface area contributed by atoms with Crippen LogP contribution in [-0.2, 0) is 0 Å². The van der Waals surface area contributed by atoms with Gasteiger partial charge in [-0.25, -0.2) is 9.97 Å². The Morgan fingerprint density at radius 3 is 2.30 bits per heavy atom. The van der Waals surface area contributed by atoms with Gasteiger partial charge >= 0.3 is 0 Å². The zero-order chi connectivity index (χ0) is 15.3. The highest BCUT2D eigenvalue weighted by Crippen LogP contribution is 2.28. The molecule has 3 N–H and O–H groups in total. The third-order valence-electron chi connectivity index (χ3n) is 3.05. The van der Waals surface area contributed by atoms with Crippen molar-refractivity contribution in [3.05, 3.63) is 11.9 Å². The van der Waals surface area contributed by atoms with Gasteiger partial charge in [-0.1, -0.05) is 34.6 Å². The van der Waals surface area contributed by atoms with E-state index in [0.717, 1.165) is 23.6 Å². The minimum Gasteiger partial charge on any atom is -0.391 e. The molecule has 1 unspecified atom stereocenters. The van der Waals surface area contributed by atoms with Crippen LogP contribution in [0.25, 0.3) is 0 Å². The van der Waals surface area contributed by atoms with Gasteiger partial charge < -0.3 is 15.7 Å². The Morgan fingerprint density at radius 2 is 1.80 bits per heavy atom. The molecule has 114 valence electrons. The van der Waals surface area contributed by atoms with Crippen LogP contribution < -0.4 is 10.6 Å². The third-order valence-corrected chi connectivity index (χ3v) is 3.05. The fraction of sp³-hybridized carbons (Fsp3) is 0.733. The molecule has 0 aromatic carbocycles. The fourth-order valence-corrected chi connectivity index (χ4v) is 2.28. The molecule has 0 radical (unpaired) electrons. The summed E-state index contributed by atoms with van der Waals surface area (Å²) in [4.78, 5) is 8.54. The minimum atomic E-state index is -0.386. The second-order valence-corrected chi connectivity index (χ2v) is 6.69. The van der Waals surface area contributed by atoms with Gasteiger partial charge in [0, 0.05) is 19.2 Å². The number of rotatable bonds is 6. The van der Waals surface area contributed by atoms with Crippen molar-refractivity contribution in [2.24, 2.45) is 5.41 Å². The van der Waals surface area contributed by atoms with Crippen molar-refractivity contribution in [2.45, 2.75) is 53.1 Å². The molecule has 0 amide bonds. The topological polar surface area (TPSA) is 70.1 Å². The summed E-state index contributed by atoms with van der Waals surface area (Å²) in [6.45, 7) is 11.1. The number of hydrogen-bond acceptors (Lipinski definition) is 5. The van der Waals surface area contributed by atoms with Crippen LogP contribution in [0.4, 0.5) is 11.6 Å². The number of hydrogen-bond donors (Lipinski definition) is 3. The Kier molecular flexibility index (Phi) is 5.74. The number of anilines is 2. The Hall–Kier alpha value is -1.36. The van der Waals surface area contributed by atoms with Crippen LogP contribution in [0.15, 0.2) is 6.33 Å². The molecule has 0 saturated carbocycles. The molecule has 0 aliphatic carbocycles. The Labute approximate surface area is 122 Å². The molecule has 1 atom stereocenters. The number of nitrogens with zero attached hydrogens (tertiary/aromatic N) is 2. The monoisotopic (exact) mass is 280 g/mol. The molecule has 0 aliphatic heterocycles. The first-order chi connectivity index (χ1) is 9.24. The normalized spacial score (nSPS) is 13.4. The summed E-state index contributed by atoms with van der Waals surface area (Å²) in [5.41, 5.74) is 1.17. The van der Waals surface area contributed by atoms with E-state index in [9.17, 15) is 5.11 Å². The van der Waals surface area contributed by atoms with E-state index in [1.54, 1.807) is 0 Å².